The molecule has 1 rings (SSSR count). The van der Waals surface area contributed by atoms with Crippen LogP contribution in [0.1, 0.15) is 6.42 Å². The first-order valence-corrected chi connectivity index (χ1v) is 7.88. The summed E-state index contributed by atoms with van der Waals surface area (Å²) in [6.45, 7) is 1.28. The number of aliphatic hydroxyl groups excluding tert-OH is 1. The highest BCUT2D eigenvalue weighted by atomic mass is 32.2. The van der Waals surface area contributed by atoms with Crippen molar-refractivity contribution in [3.8, 4) is 5.75 Å². The summed E-state index contributed by atoms with van der Waals surface area (Å²) >= 11 is 0. The van der Waals surface area contributed by atoms with Crippen molar-refractivity contribution in [1.82, 2.24) is 5.32 Å². The van der Waals surface area contributed by atoms with Gasteiger partial charge in [0.2, 0.25) is 0 Å². The maximum atomic E-state index is 12.6. The van der Waals surface area contributed by atoms with Crippen molar-refractivity contribution in [2.24, 2.45) is 0 Å². The van der Waals surface area contributed by atoms with Crippen molar-refractivity contribution in [2.45, 2.75) is 12.5 Å². The fraction of sp³-hybridized carbons (Fsp3) is 0.538. The predicted octanol–water partition coefficient (Wildman–Crippen LogP) is 0.924. The number of rotatable bonds is 9. The van der Waals surface area contributed by atoms with E-state index in [4.69, 9.17) is 4.74 Å². The number of nitrogens with one attached hydrogen (secondary N) is 1. The molecule has 1 aromatic rings. The molecular formula is C13H20FNO3S. The van der Waals surface area contributed by atoms with Crippen molar-refractivity contribution in [2.75, 3.05) is 31.7 Å². The van der Waals surface area contributed by atoms with Crippen LogP contribution in [-0.4, -0.2) is 47.1 Å². The van der Waals surface area contributed by atoms with Gasteiger partial charge in [-0.15, -0.1) is 0 Å². The summed E-state index contributed by atoms with van der Waals surface area (Å²) < 4.78 is 28.8. The van der Waals surface area contributed by atoms with Crippen LogP contribution in [0.25, 0.3) is 0 Å². The molecule has 0 aliphatic rings. The highest BCUT2D eigenvalue weighted by Gasteiger charge is 2.05. The molecule has 1 aromatic carbocycles. The quantitative estimate of drug-likeness (QED) is 0.664. The number of aliphatic hydroxyl groups is 1. The molecule has 2 N–H and O–H groups in total. The molecule has 4 nitrogen and oxygen atoms in total. The third kappa shape index (κ3) is 7.92. The molecule has 0 fully saturated rings. The Morgan fingerprint density at radius 2 is 2.11 bits per heavy atom. The first kappa shape index (κ1) is 16.1. The van der Waals surface area contributed by atoms with Crippen molar-refractivity contribution in [1.29, 1.82) is 0 Å². The van der Waals surface area contributed by atoms with E-state index in [-0.39, 0.29) is 12.4 Å². The smallest absolute Gasteiger partial charge is 0.123 e. The fourth-order valence-corrected chi connectivity index (χ4v) is 2.00. The molecule has 2 atom stereocenters. The largest absolute Gasteiger partial charge is 0.491 e. The Labute approximate surface area is 115 Å². The zero-order valence-electron chi connectivity index (χ0n) is 11.0. The van der Waals surface area contributed by atoms with Crippen LogP contribution in [0.3, 0.4) is 0 Å². The molecule has 0 heterocycles. The van der Waals surface area contributed by atoms with Crippen LogP contribution in [-0.2, 0) is 10.8 Å². The number of benzene rings is 1. The molecule has 108 valence electrons. The molecule has 0 saturated heterocycles. The number of hydrogen-bond acceptors (Lipinski definition) is 4. The minimum Gasteiger partial charge on any atom is -0.491 e. The zero-order chi connectivity index (χ0) is 14.1. The van der Waals surface area contributed by atoms with Crippen LogP contribution >= 0.6 is 0 Å². The van der Waals surface area contributed by atoms with Crippen LogP contribution in [0.15, 0.2) is 24.3 Å². The van der Waals surface area contributed by atoms with Gasteiger partial charge in [-0.2, -0.15) is 0 Å². The summed E-state index contributed by atoms with van der Waals surface area (Å²) in [4.78, 5) is 0. The monoisotopic (exact) mass is 289 g/mol. The van der Waals surface area contributed by atoms with Gasteiger partial charge in [-0.1, -0.05) is 0 Å². The normalized spacial score (nSPS) is 14.1. The fourth-order valence-electron chi connectivity index (χ4n) is 1.45. The van der Waals surface area contributed by atoms with E-state index >= 15 is 0 Å². The van der Waals surface area contributed by atoms with E-state index < -0.39 is 16.9 Å². The van der Waals surface area contributed by atoms with Gasteiger partial charge in [-0.3, -0.25) is 4.21 Å². The van der Waals surface area contributed by atoms with Gasteiger partial charge in [0.05, 0.1) is 0 Å². The van der Waals surface area contributed by atoms with E-state index in [9.17, 15) is 13.7 Å². The van der Waals surface area contributed by atoms with Crippen LogP contribution in [0.4, 0.5) is 4.39 Å². The molecule has 0 aliphatic carbocycles. The molecule has 19 heavy (non-hydrogen) atoms. The third-order valence-corrected chi connectivity index (χ3v) is 3.28. The number of hydrogen-bond donors (Lipinski definition) is 2. The Kier molecular flexibility index (Phi) is 7.62. The van der Waals surface area contributed by atoms with E-state index in [1.54, 1.807) is 6.26 Å². The highest BCUT2D eigenvalue weighted by Crippen LogP contribution is 2.11. The van der Waals surface area contributed by atoms with Gasteiger partial charge in [0.25, 0.3) is 0 Å². The van der Waals surface area contributed by atoms with E-state index in [0.29, 0.717) is 24.6 Å². The summed E-state index contributed by atoms with van der Waals surface area (Å²) in [5, 5.41) is 12.7. The Bertz CT molecular complexity index is 386. The SMILES string of the molecule is CS(=O)CCCNCC(O)COc1ccc(F)cc1. The Morgan fingerprint density at radius 1 is 1.42 bits per heavy atom. The van der Waals surface area contributed by atoms with Gasteiger partial charge in [-0.05, 0) is 37.2 Å². The molecule has 0 bridgehead atoms. The summed E-state index contributed by atoms with van der Waals surface area (Å²) in [6.07, 6.45) is 1.86. The van der Waals surface area contributed by atoms with Crippen LogP contribution in [0, 0.1) is 5.82 Å². The first-order chi connectivity index (χ1) is 9.08. The molecule has 0 aromatic heterocycles. The average molecular weight is 289 g/mol. The Morgan fingerprint density at radius 3 is 2.74 bits per heavy atom. The lowest BCUT2D eigenvalue weighted by Crippen LogP contribution is -2.32. The zero-order valence-corrected chi connectivity index (χ0v) is 11.8. The lowest BCUT2D eigenvalue weighted by molar-refractivity contribution is 0.106. The van der Waals surface area contributed by atoms with E-state index in [1.165, 1.54) is 24.3 Å². The van der Waals surface area contributed by atoms with Gasteiger partial charge in [0, 0.05) is 29.4 Å². The van der Waals surface area contributed by atoms with Gasteiger partial charge >= 0.3 is 0 Å². The molecule has 6 heteroatoms. The van der Waals surface area contributed by atoms with E-state index in [2.05, 4.69) is 5.32 Å². The lowest BCUT2D eigenvalue weighted by atomic mass is 10.3. The molecule has 0 saturated carbocycles. The van der Waals surface area contributed by atoms with Crippen molar-refractivity contribution in [3.63, 3.8) is 0 Å². The summed E-state index contributed by atoms with van der Waals surface area (Å²) in [7, 11) is -0.768. The third-order valence-electron chi connectivity index (χ3n) is 2.42. The summed E-state index contributed by atoms with van der Waals surface area (Å²) in [5.74, 6) is 0.875. The van der Waals surface area contributed by atoms with Crippen molar-refractivity contribution in [3.05, 3.63) is 30.1 Å². The summed E-state index contributed by atoms with van der Waals surface area (Å²) in [6, 6.07) is 5.66. The van der Waals surface area contributed by atoms with Gasteiger partial charge in [-0.25, -0.2) is 4.39 Å². The van der Waals surface area contributed by atoms with E-state index in [1.807, 2.05) is 0 Å². The topological polar surface area (TPSA) is 58.6 Å². The van der Waals surface area contributed by atoms with E-state index in [0.717, 1.165) is 6.42 Å². The van der Waals surface area contributed by atoms with Gasteiger partial charge in [0.1, 0.15) is 24.3 Å². The number of halogens is 1. The maximum Gasteiger partial charge on any atom is 0.123 e. The number of ether oxygens (including phenoxy) is 1. The van der Waals surface area contributed by atoms with Crippen LogP contribution in [0.5, 0.6) is 5.75 Å². The second kappa shape index (κ2) is 9.01. The molecule has 0 spiro atoms. The van der Waals surface area contributed by atoms with Crippen molar-refractivity contribution < 1.29 is 18.4 Å². The Hall–Kier alpha value is -0.980. The summed E-state index contributed by atoms with van der Waals surface area (Å²) in [5.41, 5.74) is 0. The minimum absolute atomic E-state index is 0.151. The minimum atomic E-state index is -0.768. The van der Waals surface area contributed by atoms with Crippen LogP contribution < -0.4 is 10.1 Å². The maximum absolute atomic E-state index is 12.6. The van der Waals surface area contributed by atoms with Gasteiger partial charge in [0.15, 0.2) is 0 Å². The molecular weight excluding hydrogens is 269 g/mol. The van der Waals surface area contributed by atoms with Gasteiger partial charge < -0.3 is 15.2 Å². The first-order valence-electron chi connectivity index (χ1n) is 6.15. The predicted molar refractivity (Wildman–Crippen MR) is 74.3 cm³/mol. The molecule has 0 amide bonds. The lowest BCUT2D eigenvalue weighted by Gasteiger charge is -2.13. The highest BCUT2D eigenvalue weighted by molar-refractivity contribution is 7.84. The second-order valence-electron chi connectivity index (χ2n) is 4.25. The molecule has 0 radical (unpaired) electrons. The standard InChI is InChI=1S/C13H20FNO3S/c1-19(17)8-2-7-15-9-12(16)10-18-13-5-3-11(14)4-6-13/h3-6,12,15-16H,2,7-10H2,1H3. The average Bonchev–Trinajstić information content (AvgIpc) is 2.37. The Balaban J connectivity index is 2.09. The second-order valence-corrected chi connectivity index (χ2v) is 5.81. The van der Waals surface area contributed by atoms with Crippen molar-refractivity contribution >= 4 is 10.8 Å². The molecule has 2 unspecified atom stereocenters. The van der Waals surface area contributed by atoms with Crippen LogP contribution in [0.2, 0.25) is 0 Å². The molecule has 0 aliphatic heterocycles.